The summed E-state index contributed by atoms with van der Waals surface area (Å²) in [4.78, 5) is 37.3. The Morgan fingerprint density at radius 3 is 2.57 bits per heavy atom. The second-order valence-electron chi connectivity index (χ2n) is 9.93. The zero-order valence-electron chi connectivity index (χ0n) is 19.6. The molecule has 0 heterocycles. The van der Waals surface area contributed by atoms with E-state index < -0.39 is 23.5 Å². The normalized spacial score (nSPS) is 35.3. The fourth-order valence-electron chi connectivity index (χ4n) is 5.66. The largest absolute Gasteiger partial charge is 0.481 e. The fraction of sp³-hybridized carbons (Fsp3) is 0.720. The molecule has 0 bridgehead atoms. The quantitative estimate of drug-likeness (QED) is 0.343. The van der Waals surface area contributed by atoms with Gasteiger partial charge in [-0.25, -0.2) is 4.79 Å². The van der Waals surface area contributed by atoms with E-state index in [0.29, 0.717) is 5.57 Å². The van der Waals surface area contributed by atoms with E-state index in [1.165, 1.54) is 0 Å². The molecule has 2 rings (SSSR count). The summed E-state index contributed by atoms with van der Waals surface area (Å²) >= 11 is 0. The van der Waals surface area contributed by atoms with Crippen molar-refractivity contribution in [2.75, 3.05) is 0 Å². The lowest BCUT2D eigenvalue weighted by molar-refractivity contribution is -0.181. The smallest absolute Gasteiger partial charge is 0.334 e. The second-order valence-corrected chi connectivity index (χ2v) is 9.93. The van der Waals surface area contributed by atoms with Crippen molar-refractivity contribution in [1.82, 2.24) is 0 Å². The number of aliphatic carboxylic acids is 1. The maximum atomic E-state index is 13.6. The van der Waals surface area contributed by atoms with Crippen LogP contribution < -0.4 is 0 Å². The van der Waals surface area contributed by atoms with E-state index >= 15 is 0 Å². The van der Waals surface area contributed by atoms with Crippen molar-refractivity contribution in [2.45, 2.75) is 86.7 Å². The van der Waals surface area contributed by atoms with Gasteiger partial charge in [-0.1, -0.05) is 45.4 Å². The van der Waals surface area contributed by atoms with Crippen LogP contribution in [0.3, 0.4) is 0 Å². The summed E-state index contributed by atoms with van der Waals surface area (Å²) in [7, 11) is 0. The molecule has 0 saturated heterocycles. The minimum atomic E-state index is -0.791. The molecule has 1 fully saturated rings. The first kappa shape index (κ1) is 24.4. The maximum Gasteiger partial charge on any atom is 0.334 e. The number of ketones is 1. The molecule has 1 N–H and O–H groups in total. The van der Waals surface area contributed by atoms with Gasteiger partial charge in [0.05, 0.1) is 0 Å². The van der Waals surface area contributed by atoms with Crippen molar-refractivity contribution in [2.24, 2.45) is 28.6 Å². The summed E-state index contributed by atoms with van der Waals surface area (Å²) in [6.45, 7) is 13.7. The first-order chi connectivity index (χ1) is 13.9. The van der Waals surface area contributed by atoms with Gasteiger partial charge in [0.15, 0.2) is 11.9 Å². The van der Waals surface area contributed by atoms with Crippen LogP contribution in [-0.2, 0) is 19.1 Å². The Morgan fingerprint density at radius 1 is 1.37 bits per heavy atom. The van der Waals surface area contributed by atoms with Crippen LogP contribution in [0.1, 0.15) is 80.6 Å². The van der Waals surface area contributed by atoms with Crippen LogP contribution in [0.2, 0.25) is 0 Å². The highest BCUT2D eigenvalue weighted by Crippen LogP contribution is 2.61. The molecular weight excluding hydrogens is 380 g/mol. The summed E-state index contributed by atoms with van der Waals surface area (Å²) in [5, 5.41) is 9.11. The molecule has 0 aromatic rings. The predicted octanol–water partition coefficient (Wildman–Crippen LogP) is 5.34. The molecule has 6 unspecified atom stereocenters. The number of hydrogen-bond acceptors (Lipinski definition) is 4. The number of carboxylic acids is 1. The van der Waals surface area contributed by atoms with Gasteiger partial charge in [0, 0.05) is 23.3 Å². The number of hydrogen-bond donors (Lipinski definition) is 1. The lowest BCUT2D eigenvalue weighted by Gasteiger charge is -2.59. The van der Waals surface area contributed by atoms with Crippen molar-refractivity contribution in [3.8, 4) is 0 Å². The molecular formula is C25H38O5. The molecule has 5 heteroatoms. The Labute approximate surface area is 180 Å². The third kappa shape index (κ3) is 4.26. The molecule has 2 aliphatic carbocycles. The molecule has 30 heavy (non-hydrogen) atoms. The zero-order valence-corrected chi connectivity index (χ0v) is 19.6. The highest BCUT2D eigenvalue weighted by Gasteiger charge is 2.62. The van der Waals surface area contributed by atoms with Gasteiger partial charge in [-0.2, -0.15) is 0 Å². The van der Waals surface area contributed by atoms with Crippen LogP contribution in [0.5, 0.6) is 0 Å². The molecule has 0 aromatic heterocycles. The standard InChI is InChI=1S/C25H38O5/c1-8-16(3)23(29)30-22-21(28)18(5)24(6,13-12-15(2)14-20(26)27)19-11-9-10-17(4)25(19,22)7/h8,10,15,18-19,22H,9,11-14H2,1-7H3,(H,26,27). The van der Waals surface area contributed by atoms with Crippen LogP contribution in [0.4, 0.5) is 0 Å². The van der Waals surface area contributed by atoms with E-state index in [9.17, 15) is 14.4 Å². The number of rotatable bonds is 7. The number of esters is 1. The predicted molar refractivity (Wildman–Crippen MR) is 117 cm³/mol. The van der Waals surface area contributed by atoms with Crippen molar-refractivity contribution in [3.63, 3.8) is 0 Å². The molecule has 5 nitrogen and oxygen atoms in total. The molecule has 168 valence electrons. The van der Waals surface area contributed by atoms with Gasteiger partial charge in [0.1, 0.15) is 0 Å². The first-order valence-corrected chi connectivity index (χ1v) is 11.2. The Balaban J connectivity index is 2.42. The Morgan fingerprint density at radius 2 is 2.00 bits per heavy atom. The maximum absolute atomic E-state index is 13.6. The summed E-state index contributed by atoms with van der Waals surface area (Å²) in [5.74, 6) is -1.26. The van der Waals surface area contributed by atoms with E-state index in [1.54, 1.807) is 19.9 Å². The van der Waals surface area contributed by atoms with E-state index in [2.05, 4.69) is 19.9 Å². The van der Waals surface area contributed by atoms with Gasteiger partial charge in [0.25, 0.3) is 0 Å². The van der Waals surface area contributed by atoms with E-state index in [-0.39, 0.29) is 35.4 Å². The third-order valence-corrected chi connectivity index (χ3v) is 8.17. The molecule has 0 amide bonds. The third-order valence-electron chi connectivity index (χ3n) is 8.17. The van der Waals surface area contributed by atoms with Crippen LogP contribution in [0.15, 0.2) is 23.3 Å². The lowest BCUT2D eigenvalue weighted by Crippen LogP contribution is -2.62. The number of carboxylic acid groups (broad SMARTS) is 1. The second kappa shape index (κ2) is 9.07. The molecule has 0 spiro atoms. The van der Waals surface area contributed by atoms with Crippen LogP contribution in [0.25, 0.3) is 0 Å². The summed E-state index contributed by atoms with van der Waals surface area (Å²) < 4.78 is 5.87. The van der Waals surface area contributed by atoms with Crippen molar-refractivity contribution >= 4 is 17.7 Å². The zero-order chi connectivity index (χ0) is 22.9. The molecule has 0 aromatic carbocycles. The topological polar surface area (TPSA) is 80.7 Å². The van der Waals surface area contributed by atoms with E-state index in [1.807, 2.05) is 20.8 Å². The molecule has 6 atom stereocenters. The number of fused-ring (bicyclic) bond motifs is 1. The first-order valence-electron chi connectivity index (χ1n) is 11.2. The lowest BCUT2D eigenvalue weighted by atomic mass is 9.45. The number of carbonyl (C=O) groups excluding carboxylic acids is 2. The minimum absolute atomic E-state index is 0.0194. The van der Waals surface area contributed by atoms with Gasteiger partial charge in [-0.05, 0) is 63.7 Å². The van der Waals surface area contributed by atoms with Gasteiger partial charge in [-0.15, -0.1) is 0 Å². The van der Waals surface area contributed by atoms with Crippen molar-refractivity contribution in [1.29, 1.82) is 0 Å². The number of ether oxygens (including phenoxy) is 1. The number of Topliss-reactive ketones (excluding diaryl/α,β-unsaturated/α-hetero) is 1. The van der Waals surface area contributed by atoms with E-state index in [4.69, 9.17) is 9.84 Å². The van der Waals surface area contributed by atoms with Crippen LogP contribution in [0, 0.1) is 28.6 Å². The summed E-state index contributed by atoms with van der Waals surface area (Å²) in [6, 6.07) is 0. The number of allylic oxidation sites excluding steroid dienone is 2. The van der Waals surface area contributed by atoms with Crippen molar-refractivity contribution < 1.29 is 24.2 Å². The Kier molecular flexibility index (Phi) is 7.36. The van der Waals surface area contributed by atoms with Gasteiger partial charge in [0.2, 0.25) is 0 Å². The minimum Gasteiger partial charge on any atom is -0.481 e. The van der Waals surface area contributed by atoms with Crippen LogP contribution in [-0.4, -0.2) is 28.9 Å². The Bertz CT molecular complexity index is 764. The molecule has 0 aliphatic heterocycles. The highest BCUT2D eigenvalue weighted by atomic mass is 16.5. The summed E-state index contributed by atoms with van der Waals surface area (Å²) in [6.07, 6.45) is 6.66. The molecule has 1 saturated carbocycles. The van der Waals surface area contributed by atoms with Gasteiger partial charge >= 0.3 is 11.9 Å². The highest BCUT2D eigenvalue weighted by molar-refractivity contribution is 5.94. The SMILES string of the molecule is CC=C(C)C(=O)OC1C(=O)C(C)C(C)(CCC(C)CC(=O)O)C2CCC=C(C)C12C. The average molecular weight is 419 g/mol. The average Bonchev–Trinajstić information content (AvgIpc) is 2.68. The Hall–Kier alpha value is -1.91. The van der Waals surface area contributed by atoms with Crippen LogP contribution >= 0.6 is 0 Å². The van der Waals surface area contributed by atoms with E-state index in [0.717, 1.165) is 31.3 Å². The monoisotopic (exact) mass is 418 g/mol. The fourth-order valence-corrected chi connectivity index (χ4v) is 5.66. The van der Waals surface area contributed by atoms with Gasteiger partial charge < -0.3 is 9.84 Å². The van der Waals surface area contributed by atoms with Gasteiger partial charge in [-0.3, -0.25) is 9.59 Å². The summed E-state index contributed by atoms with van der Waals surface area (Å²) in [5.41, 5.74) is 0.798. The number of carbonyl (C=O) groups is 3. The van der Waals surface area contributed by atoms with Crippen molar-refractivity contribution in [3.05, 3.63) is 23.3 Å². The molecule has 0 radical (unpaired) electrons. The molecule has 2 aliphatic rings.